The van der Waals surface area contributed by atoms with E-state index in [1.807, 2.05) is 23.6 Å². The Balaban J connectivity index is 1.48. The van der Waals surface area contributed by atoms with E-state index in [9.17, 15) is 9.59 Å². The largest absolute Gasteiger partial charge is 0.467 e. The molecule has 0 aliphatic carbocycles. The van der Waals surface area contributed by atoms with Crippen molar-refractivity contribution in [3.63, 3.8) is 0 Å². The number of rotatable bonds is 9. The summed E-state index contributed by atoms with van der Waals surface area (Å²) in [6.07, 6.45) is 3.67. The Morgan fingerprint density at radius 3 is 2.68 bits per heavy atom. The molecule has 0 fully saturated rings. The quantitative estimate of drug-likeness (QED) is 0.543. The molecule has 28 heavy (non-hydrogen) atoms. The van der Waals surface area contributed by atoms with E-state index in [0.29, 0.717) is 13.1 Å². The highest BCUT2D eigenvalue weighted by Gasteiger charge is 2.10. The lowest BCUT2D eigenvalue weighted by Gasteiger charge is -2.04. The van der Waals surface area contributed by atoms with E-state index in [1.165, 1.54) is 23.8 Å². The highest BCUT2D eigenvalue weighted by atomic mass is 32.1. The molecule has 0 radical (unpaired) electrons. The van der Waals surface area contributed by atoms with Crippen LogP contribution < -0.4 is 10.6 Å². The average Bonchev–Trinajstić information content (AvgIpc) is 3.36. The lowest BCUT2D eigenvalue weighted by Crippen LogP contribution is -2.24. The summed E-state index contributed by atoms with van der Waals surface area (Å²) in [4.78, 5) is 27.5. The van der Waals surface area contributed by atoms with Crippen molar-refractivity contribution in [1.29, 1.82) is 0 Å². The highest BCUT2D eigenvalue weighted by Crippen LogP contribution is 2.23. The predicted molar refractivity (Wildman–Crippen MR) is 109 cm³/mol. The van der Waals surface area contributed by atoms with Gasteiger partial charge < -0.3 is 15.1 Å². The number of hydrogen-bond acceptors (Lipinski definition) is 5. The summed E-state index contributed by atoms with van der Waals surface area (Å²) in [6.45, 7) is 2.60. The third-order valence-electron chi connectivity index (χ3n) is 4.17. The second-order valence-corrected chi connectivity index (χ2v) is 7.39. The first-order chi connectivity index (χ1) is 13.6. The van der Waals surface area contributed by atoms with E-state index in [4.69, 9.17) is 4.42 Å². The minimum atomic E-state index is -0.0770. The number of benzene rings is 1. The van der Waals surface area contributed by atoms with Gasteiger partial charge in [-0.1, -0.05) is 24.3 Å². The minimum absolute atomic E-state index is 0.00401. The molecule has 0 aliphatic heterocycles. The molecule has 0 aliphatic rings. The number of furan rings is 1. The van der Waals surface area contributed by atoms with E-state index in [-0.39, 0.29) is 18.2 Å². The zero-order valence-corrected chi connectivity index (χ0v) is 16.6. The molecule has 1 aromatic carbocycles. The van der Waals surface area contributed by atoms with Crippen molar-refractivity contribution in [2.75, 3.05) is 6.54 Å². The maximum atomic E-state index is 12.1. The van der Waals surface area contributed by atoms with Gasteiger partial charge in [-0.15, -0.1) is 11.3 Å². The Labute approximate surface area is 168 Å². The smallest absolute Gasteiger partial charge is 0.227 e. The molecule has 0 unspecified atom stereocenters. The molecule has 2 N–H and O–H groups in total. The number of aryl methyl sites for hydroxylation is 1. The van der Waals surface area contributed by atoms with Crippen molar-refractivity contribution < 1.29 is 14.0 Å². The van der Waals surface area contributed by atoms with Crippen LogP contribution in [-0.2, 0) is 29.0 Å². The summed E-state index contributed by atoms with van der Waals surface area (Å²) in [7, 11) is 0. The van der Waals surface area contributed by atoms with E-state index in [1.54, 1.807) is 12.3 Å². The van der Waals surface area contributed by atoms with Crippen molar-refractivity contribution in [1.82, 2.24) is 15.6 Å². The number of nitrogens with zero attached hydrogens (tertiary/aromatic N) is 1. The monoisotopic (exact) mass is 397 g/mol. The Morgan fingerprint density at radius 2 is 1.96 bits per heavy atom. The fourth-order valence-corrected chi connectivity index (χ4v) is 3.52. The molecule has 2 aromatic heterocycles. The first-order valence-electron chi connectivity index (χ1n) is 9.17. The van der Waals surface area contributed by atoms with Crippen LogP contribution in [0.4, 0.5) is 0 Å². The summed E-state index contributed by atoms with van der Waals surface area (Å²) < 4.78 is 5.20. The molecule has 2 heterocycles. The summed E-state index contributed by atoms with van der Waals surface area (Å²) in [5, 5.41) is 8.39. The van der Waals surface area contributed by atoms with Crippen molar-refractivity contribution >= 4 is 23.2 Å². The zero-order chi connectivity index (χ0) is 19.8. The predicted octanol–water partition coefficient (Wildman–Crippen LogP) is 3.33. The van der Waals surface area contributed by atoms with Gasteiger partial charge in [0.1, 0.15) is 10.8 Å². The molecule has 2 amide bonds. The first kappa shape index (κ1) is 19.8. The van der Waals surface area contributed by atoms with E-state index < -0.39 is 0 Å². The van der Waals surface area contributed by atoms with Crippen LogP contribution in [0.5, 0.6) is 0 Å². The Kier molecular flexibility index (Phi) is 6.97. The van der Waals surface area contributed by atoms with Crippen LogP contribution in [-0.4, -0.2) is 23.3 Å². The van der Waals surface area contributed by atoms with Crippen LogP contribution >= 0.6 is 11.3 Å². The van der Waals surface area contributed by atoms with Crippen LogP contribution in [0.3, 0.4) is 0 Å². The van der Waals surface area contributed by atoms with Gasteiger partial charge in [0.15, 0.2) is 0 Å². The molecular formula is C21H23N3O3S. The molecule has 0 atom stereocenters. The third-order valence-corrected chi connectivity index (χ3v) is 5.02. The van der Waals surface area contributed by atoms with Gasteiger partial charge in [-0.2, -0.15) is 0 Å². The fourth-order valence-electron chi connectivity index (χ4n) is 2.72. The number of aromatic nitrogens is 1. The lowest BCUT2D eigenvalue weighted by atomic mass is 10.1. The van der Waals surface area contributed by atoms with Crippen LogP contribution in [0.15, 0.2) is 52.5 Å². The first-order valence-corrected chi connectivity index (χ1v) is 10.1. The molecular weight excluding hydrogens is 374 g/mol. The summed E-state index contributed by atoms with van der Waals surface area (Å²) in [6, 6.07) is 11.9. The zero-order valence-electron chi connectivity index (χ0n) is 15.7. The lowest BCUT2D eigenvalue weighted by molar-refractivity contribution is -0.121. The number of thiazole rings is 1. The van der Waals surface area contributed by atoms with E-state index >= 15 is 0 Å². The maximum absolute atomic E-state index is 12.1. The van der Waals surface area contributed by atoms with E-state index in [2.05, 4.69) is 27.8 Å². The van der Waals surface area contributed by atoms with Gasteiger partial charge in [0.2, 0.25) is 11.8 Å². The van der Waals surface area contributed by atoms with Gasteiger partial charge in [0.05, 0.1) is 24.9 Å². The second-order valence-electron chi connectivity index (χ2n) is 6.44. The number of carbonyl (C=O) groups excluding carboxylic acids is 2. The van der Waals surface area contributed by atoms with Gasteiger partial charge >= 0.3 is 0 Å². The standard InChI is InChI=1S/C21H23N3O3S/c1-15(25)22-10-2-4-16-6-8-17(9-7-16)19-14-28-21(24-19)12-20(26)23-13-18-5-3-11-27-18/h3,5-9,11,14H,2,4,10,12-13H2,1H3,(H,22,25)(H,23,26). The summed E-state index contributed by atoms with van der Waals surface area (Å²) in [5.74, 6) is 0.654. The molecule has 0 spiro atoms. The molecule has 146 valence electrons. The van der Waals surface area contributed by atoms with Crippen molar-refractivity contribution in [3.05, 3.63) is 64.4 Å². The number of amides is 2. The molecule has 0 bridgehead atoms. The van der Waals surface area contributed by atoms with E-state index in [0.717, 1.165) is 34.9 Å². The minimum Gasteiger partial charge on any atom is -0.467 e. The van der Waals surface area contributed by atoms with Crippen LogP contribution in [0, 0.1) is 0 Å². The van der Waals surface area contributed by atoms with Gasteiger partial charge in [0, 0.05) is 24.4 Å². The Bertz CT molecular complexity index is 901. The fraction of sp³-hybridized carbons (Fsp3) is 0.286. The van der Waals surface area contributed by atoms with Crippen molar-refractivity contribution in [2.45, 2.75) is 32.7 Å². The number of carbonyl (C=O) groups is 2. The van der Waals surface area contributed by atoms with Crippen LogP contribution in [0.25, 0.3) is 11.3 Å². The molecule has 3 rings (SSSR count). The SMILES string of the molecule is CC(=O)NCCCc1ccc(-c2csc(CC(=O)NCc3ccco3)n2)cc1. The Hall–Kier alpha value is -2.93. The molecule has 6 nitrogen and oxygen atoms in total. The van der Waals surface area contributed by atoms with Gasteiger partial charge in [0.25, 0.3) is 0 Å². The highest BCUT2D eigenvalue weighted by molar-refractivity contribution is 7.10. The van der Waals surface area contributed by atoms with Gasteiger partial charge in [-0.25, -0.2) is 4.98 Å². The average molecular weight is 398 g/mol. The Morgan fingerprint density at radius 1 is 1.14 bits per heavy atom. The van der Waals surface area contributed by atoms with Crippen LogP contribution in [0.1, 0.15) is 29.7 Å². The van der Waals surface area contributed by atoms with Crippen molar-refractivity contribution in [3.8, 4) is 11.3 Å². The van der Waals surface area contributed by atoms with Crippen LogP contribution in [0.2, 0.25) is 0 Å². The van der Waals surface area contributed by atoms with Gasteiger partial charge in [-0.05, 0) is 30.5 Å². The molecule has 0 saturated carbocycles. The number of nitrogens with one attached hydrogen (secondary N) is 2. The maximum Gasteiger partial charge on any atom is 0.227 e. The van der Waals surface area contributed by atoms with Crippen molar-refractivity contribution in [2.24, 2.45) is 0 Å². The molecule has 3 aromatic rings. The van der Waals surface area contributed by atoms with Gasteiger partial charge in [-0.3, -0.25) is 9.59 Å². The normalized spacial score (nSPS) is 10.6. The summed E-state index contributed by atoms with van der Waals surface area (Å²) >= 11 is 1.48. The molecule has 7 heteroatoms. The second kappa shape index (κ2) is 9.85. The number of hydrogen-bond donors (Lipinski definition) is 2. The summed E-state index contributed by atoms with van der Waals surface area (Å²) in [5.41, 5.74) is 3.13. The molecule has 0 saturated heterocycles. The topological polar surface area (TPSA) is 84.2 Å². The third kappa shape index (κ3) is 6.06.